The van der Waals surface area contributed by atoms with E-state index in [2.05, 4.69) is 27.3 Å². The minimum absolute atomic E-state index is 0.0544. The fourth-order valence-electron chi connectivity index (χ4n) is 2.33. The maximum Gasteiger partial charge on any atom is 0.311 e. The van der Waals surface area contributed by atoms with E-state index in [0.29, 0.717) is 0 Å². The Morgan fingerprint density at radius 1 is 1.50 bits per heavy atom. The Morgan fingerprint density at radius 3 is 2.94 bits per heavy atom. The number of benzene rings is 1. The summed E-state index contributed by atoms with van der Waals surface area (Å²) in [7, 11) is 0. The second-order valence-corrected chi connectivity index (χ2v) is 5.78. The van der Waals surface area contributed by atoms with Crippen LogP contribution in [0.4, 0.5) is 0 Å². The van der Waals surface area contributed by atoms with Crippen LogP contribution in [-0.4, -0.2) is 18.6 Å². The summed E-state index contributed by atoms with van der Waals surface area (Å²) in [6.07, 6.45) is 0.782. The average Bonchev–Trinajstić information content (AvgIpc) is 2.76. The number of nitrogens with one attached hydrogen (secondary N) is 1. The van der Waals surface area contributed by atoms with Gasteiger partial charge in [-0.05, 0) is 44.5 Å². The van der Waals surface area contributed by atoms with Crippen molar-refractivity contribution in [3.05, 3.63) is 34.3 Å². The van der Waals surface area contributed by atoms with Gasteiger partial charge in [-0.25, -0.2) is 0 Å². The Kier molecular flexibility index (Phi) is 4.40. The zero-order valence-corrected chi connectivity index (χ0v) is 12.2. The Hall–Kier alpha value is -0.870. The van der Waals surface area contributed by atoms with Gasteiger partial charge >= 0.3 is 5.97 Å². The third-order valence-corrected chi connectivity index (χ3v) is 3.58. The lowest BCUT2D eigenvalue weighted by molar-refractivity contribution is -0.152. The first-order chi connectivity index (χ1) is 8.58. The quantitative estimate of drug-likeness (QED) is 0.872. The Morgan fingerprint density at radius 2 is 2.28 bits per heavy atom. The number of halogens is 1. The van der Waals surface area contributed by atoms with Crippen molar-refractivity contribution in [3.8, 4) is 0 Å². The molecule has 0 radical (unpaired) electrons. The Bertz CT molecular complexity index is 434. The summed E-state index contributed by atoms with van der Waals surface area (Å²) in [6.45, 7) is 4.62. The number of hydrogen-bond acceptors (Lipinski definition) is 3. The fraction of sp³-hybridized carbons (Fsp3) is 0.500. The standard InChI is InChI=1S/C14H18BrNO2/c1-9(2)18-14(17)12-6-7-16-13(12)10-4-3-5-11(15)8-10/h3-5,8-9,12-13,16H,6-7H2,1-2H3/t12-,13?/m0/s1. The molecule has 0 spiro atoms. The van der Waals surface area contributed by atoms with Crippen molar-refractivity contribution < 1.29 is 9.53 Å². The summed E-state index contributed by atoms with van der Waals surface area (Å²) in [6, 6.07) is 8.14. The zero-order chi connectivity index (χ0) is 13.1. The molecule has 2 atom stereocenters. The van der Waals surface area contributed by atoms with Gasteiger partial charge in [0, 0.05) is 10.5 Å². The van der Waals surface area contributed by atoms with Gasteiger partial charge in [0.15, 0.2) is 0 Å². The van der Waals surface area contributed by atoms with Crippen molar-refractivity contribution in [2.75, 3.05) is 6.54 Å². The summed E-state index contributed by atoms with van der Waals surface area (Å²) >= 11 is 3.46. The maximum atomic E-state index is 12.1. The molecule has 2 rings (SSSR count). The van der Waals surface area contributed by atoms with Crippen LogP contribution >= 0.6 is 15.9 Å². The summed E-state index contributed by atoms with van der Waals surface area (Å²) in [5, 5.41) is 3.38. The van der Waals surface area contributed by atoms with Crippen molar-refractivity contribution in [2.24, 2.45) is 5.92 Å². The Labute approximate surface area is 116 Å². The number of esters is 1. The zero-order valence-electron chi connectivity index (χ0n) is 10.7. The van der Waals surface area contributed by atoms with Crippen LogP contribution in [0.15, 0.2) is 28.7 Å². The molecule has 1 aliphatic heterocycles. The number of hydrogen-bond donors (Lipinski definition) is 1. The summed E-state index contributed by atoms with van der Waals surface area (Å²) < 4.78 is 6.36. The molecule has 1 N–H and O–H groups in total. The van der Waals surface area contributed by atoms with Gasteiger partial charge in [-0.1, -0.05) is 28.1 Å². The van der Waals surface area contributed by atoms with Gasteiger partial charge in [0.05, 0.1) is 12.0 Å². The van der Waals surface area contributed by atoms with Crippen molar-refractivity contribution in [3.63, 3.8) is 0 Å². The first-order valence-electron chi connectivity index (χ1n) is 6.27. The van der Waals surface area contributed by atoms with Gasteiger partial charge in [-0.3, -0.25) is 4.79 Å². The van der Waals surface area contributed by atoms with E-state index < -0.39 is 0 Å². The van der Waals surface area contributed by atoms with E-state index in [0.717, 1.165) is 23.0 Å². The van der Waals surface area contributed by atoms with E-state index in [4.69, 9.17) is 4.74 Å². The molecular formula is C14H18BrNO2. The second kappa shape index (κ2) is 5.85. The van der Waals surface area contributed by atoms with Gasteiger partial charge < -0.3 is 10.1 Å². The van der Waals surface area contributed by atoms with E-state index in [9.17, 15) is 4.79 Å². The lowest BCUT2D eigenvalue weighted by Gasteiger charge is -2.20. The summed E-state index contributed by atoms with van der Waals surface area (Å²) in [4.78, 5) is 12.1. The Balaban J connectivity index is 2.14. The fourth-order valence-corrected chi connectivity index (χ4v) is 2.74. The molecule has 0 aliphatic carbocycles. The molecule has 4 heteroatoms. The molecule has 98 valence electrons. The smallest absolute Gasteiger partial charge is 0.311 e. The molecule has 0 saturated carbocycles. The number of carbonyl (C=O) groups excluding carboxylic acids is 1. The summed E-state index contributed by atoms with van der Waals surface area (Å²) in [5.74, 6) is -0.179. The highest BCUT2D eigenvalue weighted by molar-refractivity contribution is 9.10. The van der Waals surface area contributed by atoms with Gasteiger partial charge in [-0.15, -0.1) is 0 Å². The van der Waals surface area contributed by atoms with Crippen molar-refractivity contribution >= 4 is 21.9 Å². The normalized spacial score (nSPS) is 23.3. The molecule has 1 unspecified atom stereocenters. The van der Waals surface area contributed by atoms with Crippen LogP contribution in [0, 0.1) is 5.92 Å². The van der Waals surface area contributed by atoms with E-state index in [1.165, 1.54) is 0 Å². The minimum Gasteiger partial charge on any atom is -0.463 e. The highest BCUT2D eigenvalue weighted by atomic mass is 79.9. The van der Waals surface area contributed by atoms with Crippen LogP contribution in [0.1, 0.15) is 31.9 Å². The minimum atomic E-state index is -0.0972. The molecule has 18 heavy (non-hydrogen) atoms. The lowest BCUT2D eigenvalue weighted by atomic mass is 9.94. The maximum absolute atomic E-state index is 12.1. The first kappa shape index (κ1) is 13.6. The van der Waals surface area contributed by atoms with Crippen molar-refractivity contribution in [1.29, 1.82) is 0 Å². The number of ether oxygens (including phenoxy) is 1. The molecule has 1 heterocycles. The monoisotopic (exact) mass is 311 g/mol. The van der Waals surface area contributed by atoms with Crippen molar-refractivity contribution in [1.82, 2.24) is 5.32 Å². The largest absolute Gasteiger partial charge is 0.463 e. The third kappa shape index (κ3) is 3.12. The number of carbonyl (C=O) groups is 1. The van der Waals surface area contributed by atoms with E-state index in [1.54, 1.807) is 0 Å². The predicted molar refractivity (Wildman–Crippen MR) is 74.2 cm³/mol. The average molecular weight is 312 g/mol. The van der Waals surface area contributed by atoms with Gasteiger partial charge in [0.1, 0.15) is 0 Å². The molecule has 1 saturated heterocycles. The van der Waals surface area contributed by atoms with Crippen molar-refractivity contribution in [2.45, 2.75) is 32.4 Å². The highest BCUT2D eigenvalue weighted by Gasteiger charge is 2.35. The molecule has 0 amide bonds. The van der Waals surface area contributed by atoms with Crippen LogP contribution < -0.4 is 5.32 Å². The molecule has 1 fully saturated rings. The number of rotatable bonds is 3. The van der Waals surface area contributed by atoms with Crippen LogP contribution in [0.25, 0.3) is 0 Å². The van der Waals surface area contributed by atoms with E-state index in [1.807, 2.05) is 32.0 Å². The molecule has 1 aliphatic rings. The van der Waals surface area contributed by atoms with Crippen LogP contribution in [0.5, 0.6) is 0 Å². The molecule has 0 bridgehead atoms. The SMILES string of the molecule is CC(C)OC(=O)[C@H]1CCNC1c1cccc(Br)c1. The second-order valence-electron chi connectivity index (χ2n) is 4.87. The summed E-state index contributed by atoms with van der Waals surface area (Å²) in [5.41, 5.74) is 1.13. The van der Waals surface area contributed by atoms with Crippen LogP contribution in [0.3, 0.4) is 0 Å². The highest BCUT2D eigenvalue weighted by Crippen LogP contribution is 2.32. The topological polar surface area (TPSA) is 38.3 Å². The van der Waals surface area contributed by atoms with E-state index >= 15 is 0 Å². The molecular weight excluding hydrogens is 294 g/mol. The first-order valence-corrected chi connectivity index (χ1v) is 7.06. The van der Waals surface area contributed by atoms with Gasteiger partial charge in [0.2, 0.25) is 0 Å². The molecule has 1 aromatic carbocycles. The molecule has 0 aromatic heterocycles. The van der Waals surface area contributed by atoms with E-state index in [-0.39, 0.29) is 24.0 Å². The molecule has 3 nitrogen and oxygen atoms in total. The molecule has 1 aromatic rings. The van der Waals surface area contributed by atoms with Crippen LogP contribution in [0.2, 0.25) is 0 Å². The lowest BCUT2D eigenvalue weighted by Crippen LogP contribution is -2.27. The predicted octanol–water partition coefficient (Wildman–Crippen LogP) is 3.05. The van der Waals surface area contributed by atoms with Crippen LogP contribution in [-0.2, 0) is 9.53 Å². The third-order valence-electron chi connectivity index (χ3n) is 3.08. The van der Waals surface area contributed by atoms with Gasteiger partial charge in [-0.2, -0.15) is 0 Å². The van der Waals surface area contributed by atoms with Gasteiger partial charge in [0.25, 0.3) is 0 Å².